The Balaban J connectivity index is 2.21. The van der Waals surface area contributed by atoms with Gasteiger partial charge < -0.3 is 25.3 Å². The summed E-state index contributed by atoms with van der Waals surface area (Å²) in [7, 11) is 1.46. The summed E-state index contributed by atoms with van der Waals surface area (Å²) in [6.07, 6.45) is 0. The highest BCUT2D eigenvalue weighted by Crippen LogP contribution is 2.33. The molecular formula is C24H30N2O7S. The van der Waals surface area contributed by atoms with Crippen LogP contribution in [-0.4, -0.2) is 50.7 Å². The Labute approximate surface area is 202 Å². The minimum Gasteiger partial charge on any atom is -0.460 e. The number of esters is 2. The number of ether oxygens (including phenoxy) is 3. The highest BCUT2D eigenvalue weighted by molar-refractivity contribution is 7.18. The zero-order chi connectivity index (χ0) is 25.7. The van der Waals surface area contributed by atoms with Gasteiger partial charge in [-0.15, -0.1) is 11.3 Å². The molecule has 0 aliphatic carbocycles. The molecule has 1 aromatic carbocycles. The lowest BCUT2D eigenvalue weighted by molar-refractivity contribution is -0.119. The first-order valence-electron chi connectivity index (χ1n) is 10.5. The van der Waals surface area contributed by atoms with Gasteiger partial charge in [-0.25, -0.2) is 9.59 Å². The van der Waals surface area contributed by atoms with Gasteiger partial charge in [-0.05, 0) is 74.9 Å². The van der Waals surface area contributed by atoms with Gasteiger partial charge in [0, 0.05) is 7.11 Å². The Bertz CT molecular complexity index is 1120. The van der Waals surface area contributed by atoms with E-state index in [1.165, 1.54) is 14.0 Å². The van der Waals surface area contributed by atoms with Crippen molar-refractivity contribution < 1.29 is 33.4 Å². The fourth-order valence-electron chi connectivity index (χ4n) is 3.54. The van der Waals surface area contributed by atoms with Crippen LogP contribution in [0.1, 0.15) is 63.8 Å². The second-order valence-corrected chi connectivity index (χ2v) is 8.90. The second kappa shape index (κ2) is 11.3. The molecule has 2 amide bonds. The average molecular weight is 491 g/mol. The molecular weight excluding hydrogens is 460 g/mol. The first-order valence-corrected chi connectivity index (χ1v) is 11.4. The van der Waals surface area contributed by atoms with Crippen molar-refractivity contribution in [2.75, 3.05) is 32.2 Å². The third kappa shape index (κ3) is 5.63. The van der Waals surface area contributed by atoms with Crippen LogP contribution in [-0.2, 0) is 19.0 Å². The van der Waals surface area contributed by atoms with Gasteiger partial charge in [0.2, 0.25) is 0 Å². The zero-order valence-electron chi connectivity index (χ0n) is 20.5. The smallest absolute Gasteiger partial charge is 0.341 e. The van der Waals surface area contributed by atoms with Gasteiger partial charge in [-0.1, -0.05) is 0 Å². The number of methoxy groups -OCH3 is 1. The van der Waals surface area contributed by atoms with Crippen LogP contribution in [0.25, 0.3) is 0 Å². The lowest BCUT2D eigenvalue weighted by Crippen LogP contribution is -2.23. The molecule has 34 heavy (non-hydrogen) atoms. The van der Waals surface area contributed by atoms with Gasteiger partial charge >= 0.3 is 11.9 Å². The minimum absolute atomic E-state index is 0.00436. The van der Waals surface area contributed by atoms with Crippen molar-refractivity contribution >= 4 is 40.1 Å². The molecule has 0 unspecified atom stereocenters. The van der Waals surface area contributed by atoms with Crippen molar-refractivity contribution in [1.29, 1.82) is 0 Å². The van der Waals surface area contributed by atoms with Gasteiger partial charge in [0.05, 0.1) is 22.6 Å². The molecule has 0 bridgehead atoms. The summed E-state index contributed by atoms with van der Waals surface area (Å²) >= 11 is 0.852. The Hall–Kier alpha value is -3.24. The number of nitrogens with one attached hydrogen (secondary N) is 1. The predicted octanol–water partition coefficient (Wildman–Crippen LogP) is 3.30. The number of anilines is 1. The van der Waals surface area contributed by atoms with Gasteiger partial charge in [-0.2, -0.15) is 0 Å². The van der Waals surface area contributed by atoms with E-state index in [-0.39, 0.29) is 28.7 Å². The van der Waals surface area contributed by atoms with Crippen molar-refractivity contribution in [1.82, 2.24) is 0 Å². The summed E-state index contributed by atoms with van der Waals surface area (Å²) in [5, 5.41) is 2.62. The quantitative estimate of drug-likeness (QED) is 0.407. The van der Waals surface area contributed by atoms with E-state index in [4.69, 9.17) is 19.9 Å². The van der Waals surface area contributed by atoms with Gasteiger partial charge in [0.25, 0.3) is 11.8 Å². The average Bonchev–Trinajstić information content (AvgIpc) is 3.11. The normalized spacial score (nSPS) is 10.7. The Kier molecular flexibility index (Phi) is 8.94. The maximum Gasteiger partial charge on any atom is 0.341 e. The second-order valence-electron chi connectivity index (χ2n) is 7.88. The van der Waals surface area contributed by atoms with E-state index in [2.05, 4.69) is 5.32 Å². The molecule has 184 valence electrons. The molecule has 10 heteroatoms. The van der Waals surface area contributed by atoms with E-state index in [1.807, 2.05) is 34.6 Å². The Morgan fingerprint density at radius 2 is 1.29 bits per heavy atom. The predicted molar refractivity (Wildman–Crippen MR) is 129 cm³/mol. The molecule has 2 rings (SSSR count). The van der Waals surface area contributed by atoms with Gasteiger partial charge in [0.15, 0.2) is 6.61 Å². The summed E-state index contributed by atoms with van der Waals surface area (Å²) in [4.78, 5) is 49.7. The van der Waals surface area contributed by atoms with Crippen LogP contribution in [0.5, 0.6) is 0 Å². The number of primary amides is 1. The maximum atomic E-state index is 12.8. The van der Waals surface area contributed by atoms with Crippen molar-refractivity contribution in [3.8, 4) is 0 Å². The van der Waals surface area contributed by atoms with Gasteiger partial charge in [-0.3, -0.25) is 9.59 Å². The van der Waals surface area contributed by atoms with E-state index in [0.29, 0.717) is 11.1 Å². The fourth-order valence-corrected chi connectivity index (χ4v) is 4.61. The summed E-state index contributed by atoms with van der Waals surface area (Å²) < 4.78 is 15.3. The van der Waals surface area contributed by atoms with Crippen LogP contribution < -0.4 is 11.1 Å². The van der Waals surface area contributed by atoms with Crippen molar-refractivity contribution in [3.05, 3.63) is 49.4 Å². The molecule has 1 aromatic heterocycles. The third-order valence-electron chi connectivity index (χ3n) is 5.89. The van der Waals surface area contributed by atoms with Crippen LogP contribution in [0.15, 0.2) is 0 Å². The number of carbonyl (C=O) groups excluding carboxylic acids is 4. The number of rotatable bonds is 9. The monoisotopic (exact) mass is 490 g/mol. The summed E-state index contributed by atoms with van der Waals surface area (Å²) in [6, 6.07) is 0. The van der Waals surface area contributed by atoms with E-state index >= 15 is 0 Å². The van der Waals surface area contributed by atoms with E-state index < -0.39 is 30.4 Å². The van der Waals surface area contributed by atoms with Crippen LogP contribution in [0, 0.1) is 41.5 Å². The van der Waals surface area contributed by atoms with Crippen molar-refractivity contribution in [3.63, 3.8) is 0 Å². The standard InChI is InChI=1S/C24H30N2O7S/c1-11-12(2)14(4)18(15(5)13(11)3)23(29)33-10-17(27)26-22-19(24(30)32-9-8-31-7)16(6)20(34-22)21(25)28/h8-10H2,1-7H3,(H2,25,28)(H,26,27). The largest absolute Gasteiger partial charge is 0.460 e. The molecule has 1 heterocycles. The molecule has 0 spiro atoms. The highest BCUT2D eigenvalue weighted by Gasteiger charge is 2.26. The summed E-state index contributed by atoms with van der Waals surface area (Å²) in [5.74, 6) is -2.76. The summed E-state index contributed by atoms with van der Waals surface area (Å²) in [5.41, 5.74) is 10.8. The molecule has 9 nitrogen and oxygen atoms in total. The van der Waals surface area contributed by atoms with Crippen LogP contribution in [0.4, 0.5) is 5.00 Å². The molecule has 2 aromatic rings. The number of thiophene rings is 1. The summed E-state index contributed by atoms with van der Waals surface area (Å²) in [6.45, 7) is 10.7. The molecule has 0 saturated carbocycles. The number of amides is 2. The number of hydrogen-bond acceptors (Lipinski definition) is 8. The lowest BCUT2D eigenvalue weighted by atomic mass is 9.90. The van der Waals surface area contributed by atoms with Crippen molar-refractivity contribution in [2.24, 2.45) is 5.73 Å². The topological polar surface area (TPSA) is 134 Å². The highest BCUT2D eigenvalue weighted by atomic mass is 32.1. The van der Waals surface area contributed by atoms with Crippen LogP contribution in [0.3, 0.4) is 0 Å². The molecule has 0 fully saturated rings. The first-order chi connectivity index (χ1) is 15.9. The first kappa shape index (κ1) is 27.0. The zero-order valence-corrected chi connectivity index (χ0v) is 21.3. The number of nitrogens with two attached hydrogens (primary N) is 1. The number of hydrogen-bond donors (Lipinski definition) is 2. The maximum absolute atomic E-state index is 12.8. The van der Waals surface area contributed by atoms with E-state index in [1.54, 1.807) is 0 Å². The molecule has 3 N–H and O–H groups in total. The molecule has 0 aliphatic heterocycles. The van der Waals surface area contributed by atoms with Crippen LogP contribution >= 0.6 is 11.3 Å². The SMILES string of the molecule is COCCOC(=O)c1c(NC(=O)COC(=O)c2c(C)c(C)c(C)c(C)c2C)sc(C(N)=O)c1C. The van der Waals surface area contributed by atoms with Gasteiger partial charge in [0.1, 0.15) is 11.6 Å². The number of carbonyl (C=O) groups is 4. The van der Waals surface area contributed by atoms with Crippen molar-refractivity contribution in [2.45, 2.75) is 41.5 Å². The molecule has 0 saturated heterocycles. The molecule has 0 radical (unpaired) electrons. The van der Waals surface area contributed by atoms with E-state index in [0.717, 1.165) is 39.2 Å². The third-order valence-corrected chi connectivity index (χ3v) is 7.11. The Morgan fingerprint density at radius 1 is 0.765 bits per heavy atom. The number of benzene rings is 1. The fraction of sp³-hybridized carbons (Fsp3) is 0.417. The van der Waals surface area contributed by atoms with Crippen LogP contribution in [0.2, 0.25) is 0 Å². The van der Waals surface area contributed by atoms with E-state index in [9.17, 15) is 19.2 Å². The minimum atomic E-state index is -0.739. The lowest BCUT2D eigenvalue weighted by Gasteiger charge is -2.17. The molecule has 0 aliphatic rings. The molecule has 0 atom stereocenters. The Morgan fingerprint density at radius 3 is 1.82 bits per heavy atom.